The van der Waals surface area contributed by atoms with Crippen LogP contribution in [0.2, 0.25) is 0 Å². The normalized spacial score (nSPS) is 14.9. The molecule has 1 aliphatic rings. The lowest BCUT2D eigenvalue weighted by Crippen LogP contribution is -2.37. The summed E-state index contributed by atoms with van der Waals surface area (Å²) in [4.78, 5) is 36.3. The van der Waals surface area contributed by atoms with E-state index < -0.39 is 24.2 Å². The number of fused-ring (bicyclic) bond motifs is 1. The summed E-state index contributed by atoms with van der Waals surface area (Å²) in [7, 11) is 0. The first-order chi connectivity index (χ1) is 12.4. The molecule has 2 amide bonds. The Kier molecular flexibility index (Phi) is 5.13. The minimum Gasteiger partial charge on any atom is -0.478 e. The molecular weight excluding hydrogens is 354 g/mol. The van der Waals surface area contributed by atoms with Gasteiger partial charge in [-0.15, -0.1) is 0 Å². The monoisotopic (exact) mass is 371 g/mol. The van der Waals surface area contributed by atoms with E-state index in [4.69, 9.17) is 5.11 Å². The van der Waals surface area contributed by atoms with E-state index in [9.17, 15) is 14.4 Å². The van der Waals surface area contributed by atoms with Crippen LogP contribution in [-0.2, 0) is 9.59 Å². The molecule has 134 valence electrons. The second kappa shape index (κ2) is 7.49. The van der Waals surface area contributed by atoms with Gasteiger partial charge < -0.3 is 21.1 Å². The lowest BCUT2D eigenvalue weighted by Gasteiger charge is -2.13. The Hall–Kier alpha value is -3.00. The zero-order valence-corrected chi connectivity index (χ0v) is 14.7. The molecule has 1 aliphatic heterocycles. The van der Waals surface area contributed by atoms with E-state index in [1.54, 1.807) is 12.1 Å². The number of hydrogen-bond acceptors (Lipinski definition) is 5. The Labute approximate surface area is 154 Å². The second-order valence-corrected chi connectivity index (χ2v) is 6.93. The summed E-state index contributed by atoms with van der Waals surface area (Å²) in [5.41, 5.74) is 1.85. The molecule has 7 nitrogen and oxygen atoms in total. The number of thioether (sulfide) groups is 1. The number of hydrogen-bond donors (Lipinski definition) is 4. The number of carboxylic acids is 1. The quantitative estimate of drug-likeness (QED) is 0.602. The lowest BCUT2D eigenvalue weighted by atomic mass is 10.2. The topological polar surface area (TPSA) is 108 Å². The molecule has 8 heteroatoms. The fourth-order valence-electron chi connectivity index (χ4n) is 2.53. The van der Waals surface area contributed by atoms with Crippen molar-refractivity contribution in [2.24, 2.45) is 0 Å². The molecule has 2 aromatic rings. The van der Waals surface area contributed by atoms with Gasteiger partial charge in [0.05, 0.1) is 16.9 Å². The molecule has 2 aromatic carbocycles. The summed E-state index contributed by atoms with van der Waals surface area (Å²) in [5.74, 6) is -2.18. The number of aryl methyl sites for hydroxylation is 1. The van der Waals surface area contributed by atoms with Gasteiger partial charge in [-0.1, -0.05) is 30.0 Å². The third kappa shape index (κ3) is 4.15. The summed E-state index contributed by atoms with van der Waals surface area (Å²) in [6.45, 7) is 1.99. The van der Waals surface area contributed by atoms with Crippen LogP contribution in [0.3, 0.4) is 0 Å². The predicted octanol–water partition coefficient (Wildman–Crippen LogP) is 2.64. The molecule has 0 fully saturated rings. The standard InChI is InChI=1S/C18H17N3O4S/c1-10-6-7-13-14(8-10)26-18(20-13)21-16(23)9-15(22)19-12-5-3-2-4-11(12)17(24)25/h2-8,18,20H,9H2,1H3,(H,19,22)(H,21,23)(H,24,25)/t18-/m1/s1. The van der Waals surface area contributed by atoms with E-state index in [1.807, 2.05) is 25.1 Å². The molecule has 0 radical (unpaired) electrons. The van der Waals surface area contributed by atoms with E-state index in [1.165, 1.54) is 23.9 Å². The Morgan fingerprint density at radius 2 is 1.92 bits per heavy atom. The Bertz CT molecular complexity index is 884. The predicted molar refractivity (Wildman–Crippen MR) is 99.2 cm³/mol. The fourth-order valence-corrected chi connectivity index (χ4v) is 3.66. The number of benzene rings is 2. The van der Waals surface area contributed by atoms with Crippen molar-refractivity contribution in [3.8, 4) is 0 Å². The van der Waals surface area contributed by atoms with E-state index in [0.29, 0.717) is 0 Å². The molecule has 3 rings (SSSR count). The number of para-hydroxylation sites is 1. The molecule has 1 heterocycles. The highest BCUT2D eigenvalue weighted by Crippen LogP contribution is 2.37. The van der Waals surface area contributed by atoms with Crippen LogP contribution < -0.4 is 16.0 Å². The number of rotatable bonds is 5. The number of nitrogens with one attached hydrogen (secondary N) is 3. The first-order valence-corrected chi connectivity index (χ1v) is 8.76. The van der Waals surface area contributed by atoms with Gasteiger partial charge >= 0.3 is 5.97 Å². The number of carbonyl (C=O) groups excluding carboxylic acids is 2. The van der Waals surface area contributed by atoms with Crippen molar-refractivity contribution in [2.45, 2.75) is 23.7 Å². The molecule has 0 aromatic heterocycles. The first-order valence-electron chi connectivity index (χ1n) is 7.88. The molecule has 4 N–H and O–H groups in total. The maximum atomic E-state index is 12.1. The van der Waals surface area contributed by atoms with Crippen molar-refractivity contribution in [3.63, 3.8) is 0 Å². The zero-order chi connectivity index (χ0) is 18.7. The van der Waals surface area contributed by atoms with Crippen molar-refractivity contribution in [3.05, 3.63) is 53.6 Å². The Balaban J connectivity index is 1.54. The molecule has 1 atom stereocenters. The smallest absolute Gasteiger partial charge is 0.337 e. The van der Waals surface area contributed by atoms with Gasteiger partial charge in [0, 0.05) is 4.90 Å². The summed E-state index contributed by atoms with van der Waals surface area (Å²) in [6.07, 6.45) is -0.401. The molecule has 0 saturated heterocycles. The van der Waals surface area contributed by atoms with Crippen molar-refractivity contribution in [2.75, 3.05) is 10.6 Å². The third-order valence-electron chi connectivity index (χ3n) is 3.71. The highest BCUT2D eigenvalue weighted by atomic mass is 32.2. The molecule has 0 unspecified atom stereocenters. The Morgan fingerprint density at radius 1 is 1.15 bits per heavy atom. The Morgan fingerprint density at radius 3 is 2.69 bits per heavy atom. The molecule has 0 bridgehead atoms. The van der Waals surface area contributed by atoms with Crippen LogP contribution in [0.5, 0.6) is 0 Å². The van der Waals surface area contributed by atoms with Crippen LogP contribution in [0.1, 0.15) is 22.3 Å². The van der Waals surface area contributed by atoms with Crippen LogP contribution in [0, 0.1) is 6.92 Å². The number of amides is 2. The minimum absolute atomic E-state index is 0.0277. The molecule has 0 saturated carbocycles. The third-order valence-corrected chi connectivity index (χ3v) is 4.78. The van der Waals surface area contributed by atoms with Gasteiger partial charge in [0.1, 0.15) is 6.42 Å². The van der Waals surface area contributed by atoms with Crippen LogP contribution in [-0.4, -0.2) is 28.4 Å². The summed E-state index contributed by atoms with van der Waals surface area (Å²) < 4.78 is 0. The fraction of sp³-hybridized carbons (Fsp3) is 0.167. The van der Waals surface area contributed by atoms with Crippen molar-refractivity contribution in [1.29, 1.82) is 0 Å². The van der Waals surface area contributed by atoms with E-state index in [-0.39, 0.29) is 16.7 Å². The van der Waals surface area contributed by atoms with Gasteiger partial charge in [0.25, 0.3) is 0 Å². The van der Waals surface area contributed by atoms with E-state index in [0.717, 1.165) is 16.1 Å². The molecule has 0 spiro atoms. The van der Waals surface area contributed by atoms with Gasteiger partial charge in [-0.05, 0) is 36.8 Å². The van der Waals surface area contributed by atoms with Crippen molar-refractivity contribution in [1.82, 2.24) is 5.32 Å². The van der Waals surface area contributed by atoms with E-state index in [2.05, 4.69) is 16.0 Å². The molecule has 26 heavy (non-hydrogen) atoms. The number of aromatic carboxylic acids is 1. The minimum atomic E-state index is -1.15. The first kappa shape index (κ1) is 17.8. The highest BCUT2D eigenvalue weighted by molar-refractivity contribution is 8.00. The van der Waals surface area contributed by atoms with Crippen LogP contribution >= 0.6 is 11.8 Å². The van der Waals surface area contributed by atoms with E-state index >= 15 is 0 Å². The maximum Gasteiger partial charge on any atom is 0.337 e. The summed E-state index contributed by atoms with van der Waals surface area (Å²) >= 11 is 1.46. The largest absolute Gasteiger partial charge is 0.478 e. The highest BCUT2D eigenvalue weighted by Gasteiger charge is 2.23. The zero-order valence-electron chi connectivity index (χ0n) is 13.9. The van der Waals surface area contributed by atoms with Gasteiger partial charge in [0.2, 0.25) is 11.8 Å². The van der Waals surface area contributed by atoms with Crippen LogP contribution in [0.25, 0.3) is 0 Å². The van der Waals surface area contributed by atoms with Crippen LogP contribution in [0.15, 0.2) is 47.4 Å². The van der Waals surface area contributed by atoms with Crippen molar-refractivity contribution >= 4 is 40.9 Å². The average Bonchev–Trinajstić information content (AvgIpc) is 2.95. The number of carbonyl (C=O) groups is 3. The van der Waals surface area contributed by atoms with Gasteiger partial charge in [-0.25, -0.2) is 4.79 Å². The maximum absolute atomic E-state index is 12.1. The average molecular weight is 371 g/mol. The van der Waals surface area contributed by atoms with Crippen molar-refractivity contribution < 1.29 is 19.5 Å². The van der Waals surface area contributed by atoms with Gasteiger partial charge in [-0.3, -0.25) is 9.59 Å². The number of anilines is 2. The summed E-state index contributed by atoms with van der Waals surface area (Å²) in [6, 6.07) is 12.0. The molecular formula is C18H17N3O4S. The second-order valence-electron chi connectivity index (χ2n) is 5.79. The van der Waals surface area contributed by atoms with Gasteiger partial charge in [-0.2, -0.15) is 0 Å². The number of carboxylic acid groups (broad SMARTS) is 1. The molecule has 0 aliphatic carbocycles. The SMILES string of the molecule is Cc1ccc2c(c1)S[C@@H](NC(=O)CC(=O)Nc1ccccc1C(=O)O)N2. The lowest BCUT2D eigenvalue weighted by molar-refractivity contribution is -0.126. The van der Waals surface area contributed by atoms with Gasteiger partial charge in [0.15, 0.2) is 5.50 Å². The van der Waals surface area contributed by atoms with Crippen LogP contribution in [0.4, 0.5) is 11.4 Å². The summed E-state index contributed by atoms with van der Waals surface area (Å²) in [5, 5.41) is 17.5.